The van der Waals surface area contributed by atoms with Crippen molar-refractivity contribution >= 4 is 5.97 Å². The third-order valence-corrected chi connectivity index (χ3v) is 1.01. The summed E-state index contributed by atoms with van der Waals surface area (Å²) < 4.78 is 12.5. The second-order valence-electron chi connectivity index (χ2n) is 2.38. The SMILES string of the molecule is CC(C)(F)[C@H](N)C(=O)O. The molecule has 0 aromatic heterocycles. The summed E-state index contributed by atoms with van der Waals surface area (Å²) in [6.07, 6.45) is 0. The van der Waals surface area contributed by atoms with Crippen LogP contribution in [0.1, 0.15) is 13.8 Å². The first-order valence-electron chi connectivity index (χ1n) is 2.53. The van der Waals surface area contributed by atoms with E-state index in [9.17, 15) is 9.18 Å². The van der Waals surface area contributed by atoms with Gasteiger partial charge in [-0.15, -0.1) is 0 Å². The number of nitrogens with two attached hydrogens (primary N) is 1. The van der Waals surface area contributed by atoms with Crippen molar-refractivity contribution in [1.82, 2.24) is 0 Å². The van der Waals surface area contributed by atoms with Crippen LogP contribution in [0.25, 0.3) is 0 Å². The van der Waals surface area contributed by atoms with E-state index in [1.54, 1.807) is 0 Å². The summed E-state index contributed by atoms with van der Waals surface area (Å²) in [5.41, 5.74) is 3.08. The maximum Gasteiger partial charge on any atom is 0.323 e. The molecule has 0 radical (unpaired) electrons. The molecule has 0 aromatic carbocycles. The highest BCUT2D eigenvalue weighted by Gasteiger charge is 2.31. The van der Waals surface area contributed by atoms with Crippen molar-refractivity contribution in [3.05, 3.63) is 0 Å². The molecule has 0 spiro atoms. The largest absolute Gasteiger partial charge is 0.480 e. The van der Waals surface area contributed by atoms with Gasteiger partial charge in [-0.25, -0.2) is 4.39 Å². The Morgan fingerprint density at radius 1 is 1.78 bits per heavy atom. The first-order chi connectivity index (χ1) is 3.85. The van der Waals surface area contributed by atoms with Crippen LogP contribution in [-0.4, -0.2) is 22.8 Å². The van der Waals surface area contributed by atoms with Crippen LogP contribution in [0, 0.1) is 0 Å². The lowest BCUT2D eigenvalue weighted by atomic mass is 10.0. The fraction of sp³-hybridized carbons (Fsp3) is 0.800. The number of rotatable bonds is 2. The van der Waals surface area contributed by atoms with E-state index in [1.165, 1.54) is 0 Å². The van der Waals surface area contributed by atoms with E-state index in [4.69, 9.17) is 10.8 Å². The smallest absolute Gasteiger partial charge is 0.323 e. The average molecular weight is 135 g/mol. The Morgan fingerprint density at radius 3 is 2.11 bits per heavy atom. The predicted octanol–water partition coefficient (Wildman–Crippen LogP) is 0.146. The molecule has 4 heteroatoms. The highest BCUT2D eigenvalue weighted by atomic mass is 19.1. The van der Waals surface area contributed by atoms with Gasteiger partial charge in [0.25, 0.3) is 0 Å². The zero-order valence-electron chi connectivity index (χ0n) is 5.39. The summed E-state index contributed by atoms with van der Waals surface area (Å²) in [6, 6.07) is -1.43. The standard InChI is InChI=1S/C5H10FNO2/c1-5(2,6)3(7)4(8)9/h3H,7H2,1-2H3,(H,8,9)/t3-/m1/s1. The van der Waals surface area contributed by atoms with Crippen LogP contribution in [0.2, 0.25) is 0 Å². The number of carboxylic acid groups (broad SMARTS) is 1. The second kappa shape index (κ2) is 2.31. The highest BCUT2D eigenvalue weighted by molar-refractivity contribution is 5.74. The Balaban J connectivity index is 4.04. The Morgan fingerprint density at radius 2 is 2.11 bits per heavy atom. The second-order valence-corrected chi connectivity index (χ2v) is 2.38. The van der Waals surface area contributed by atoms with Crippen molar-refractivity contribution in [3.8, 4) is 0 Å². The van der Waals surface area contributed by atoms with E-state index in [0.717, 1.165) is 13.8 Å². The van der Waals surface area contributed by atoms with E-state index in [-0.39, 0.29) is 0 Å². The number of alkyl halides is 1. The van der Waals surface area contributed by atoms with E-state index in [2.05, 4.69) is 0 Å². The van der Waals surface area contributed by atoms with E-state index < -0.39 is 17.7 Å². The van der Waals surface area contributed by atoms with Crippen LogP contribution in [0.3, 0.4) is 0 Å². The van der Waals surface area contributed by atoms with E-state index in [0.29, 0.717) is 0 Å². The summed E-state index contributed by atoms with van der Waals surface area (Å²) in [5, 5.41) is 8.15. The summed E-state index contributed by atoms with van der Waals surface area (Å²) >= 11 is 0. The molecule has 1 atom stereocenters. The average Bonchev–Trinajstić information content (AvgIpc) is 1.62. The molecule has 0 aliphatic rings. The van der Waals surface area contributed by atoms with Crippen molar-refractivity contribution in [2.75, 3.05) is 0 Å². The predicted molar refractivity (Wildman–Crippen MR) is 30.8 cm³/mol. The lowest BCUT2D eigenvalue weighted by Crippen LogP contribution is -2.45. The van der Waals surface area contributed by atoms with Crippen LogP contribution in [0.5, 0.6) is 0 Å². The molecule has 0 bridgehead atoms. The summed E-state index contributed by atoms with van der Waals surface area (Å²) in [5.74, 6) is -1.32. The van der Waals surface area contributed by atoms with Gasteiger partial charge in [-0.1, -0.05) is 0 Å². The van der Waals surface area contributed by atoms with Gasteiger partial charge in [0.05, 0.1) is 0 Å². The normalized spacial score (nSPS) is 15.1. The molecule has 9 heavy (non-hydrogen) atoms. The molecule has 0 aliphatic carbocycles. The van der Waals surface area contributed by atoms with Crippen LogP contribution < -0.4 is 5.73 Å². The Labute approximate surface area is 52.7 Å². The molecule has 3 N–H and O–H groups in total. The lowest BCUT2D eigenvalue weighted by molar-refractivity contribution is -0.141. The number of carbonyl (C=O) groups is 1. The molecule has 0 saturated carbocycles. The van der Waals surface area contributed by atoms with Crippen molar-refractivity contribution in [1.29, 1.82) is 0 Å². The number of hydrogen-bond donors (Lipinski definition) is 2. The van der Waals surface area contributed by atoms with Gasteiger partial charge in [-0.3, -0.25) is 4.79 Å². The molecule has 0 saturated heterocycles. The van der Waals surface area contributed by atoms with E-state index in [1.807, 2.05) is 0 Å². The third-order valence-electron chi connectivity index (χ3n) is 1.01. The van der Waals surface area contributed by atoms with Crippen LogP contribution in [-0.2, 0) is 4.79 Å². The fourth-order valence-electron chi connectivity index (χ4n) is 0.294. The van der Waals surface area contributed by atoms with Crippen molar-refractivity contribution in [2.24, 2.45) is 5.73 Å². The van der Waals surface area contributed by atoms with Crippen molar-refractivity contribution in [2.45, 2.75) is 25.6 Å². The van der Waals surface area contributed by atoms with Gasteiger partial charge in [0.2, 0.25) is 0 Å². The molecule has 54 valence electrons. The Bertz CT molecular complexity index is 119. The van der Waals surface area contributed by atoms with Crippen molar-refractivity contribution in [3.63, 3.8) is 0 Å². The zero-order valence-corrected chi connectivity index (χ0v) is 5.39. The van der Waals surface area contributed by atoms with Gasteiger partial charge in [-0.2, -0.15) is 0 Å². The number of carboxylic acids is 1. The van der Waals surface area contributed by atoms with Crippen LogP contribution in [0.4, 0.5) is 4.39 Å². The quantitative estimate of drug-likeness (QED) is 0.566. The topological polar surface area (TPSA) is 63.3 Å². The minimum atomic E-state index is -1.84. The zero-order chi connectivity index (χ0) is 7.65. The Hall–Kier alpha value is -0.640. The number of aliphatic carboxylic acids is 1. The first-order valence-corrected chi connectivity index (χ1v) is 2.53. The van der Waals surface area contributed by atoms with Crippen LogP contribution in [0.15, 0.2) is 0 Å². The molecular weight excluding hydrogens is 125 g/mol. The first kappa shape index (κ1) is 8.36. The summed E-state index contributed by atoms with van der Waals surface area (Å²) in [6.45, 7) is 2.26. The molecule has 0 aromatic rings. The highest BCUT2D eigenvalue weighted by Crippen LogP contribution is 2.11. The molecular formula is C5H10FNO2. The van der Waals surface area contributed by atoms with Gasteiger partial charge in [0, 0.05) is 0 Å². The molecule has 3 nitrogen and oxygen atoms in total. The minimum absolute atomic E-state index is 1.13. The lowest BCUT2D eigenvalue weighted by Gasteiger charge is -2.17. The van der Waals surface area contributed by atoms with Gasteiger partial charge >= 0.3 is 5.97 Å². The molecule has 0 aliphatic heterocycles. The van der Waals surface area contributed by atoms with Crippen LogP contribution >= 0.6 is 0 Å². The van der Waals surface area contributed by atoms with Gasteiger partial charge < -0.3 is 10.8 Å². The van der Waals surface area contributed by atoms with Gasteiger partial charge in [-0.05, 0) is 13.8 Å². The van der Waals surface area contributed by atoms with E-state index >= 15 is 0 Å². The summed E-state index contributed by atoms with van der Waals surface area (Å²) in [7, 11) is 0. The fourth-order valence-corrected chi connectivity index (χ4v) is 0.294. The third kappa shape index (κ3) is 2.41. The molecule has 0 rings (SSSR count). The van der Waals surface area contributed by atoms with Crippen molar-refractivity contribution < 1.29 is 14.3 Å². The summed E-state index contributed by atoms with van der Waals surface area (Å²) in [4.78, 5) is 9.98. The maximum atomic E-state index is 12.5. The minimum Gasteiger partial charge on any atom is -0.480 e. The number of hydrogen-bond acceptors (Lipinski definition) is 2. The molecule has 0 amide bonds. The van der Waals surface area contributed by atoms with Gasteiger partial charge in [0.15, 0.2) is 0 Å². The maximum absolute atomic E-state index is 12.5. The Kier molecular flexibility index (Phi) is 2.14. The monoisotopic (exact) mass is 135 g/mol. The molecule has 0 unspecified atom stereocenters. The molecule has 0 fully saturated rings. The van der Waals surface area contributed by atoms with Gasteiger partial charge in [0.1, 0.15) is 11.7 Å². The molecule has 0 heterocycles. The number of halogens is 1.